The van der Waals surface area contributed by atoms with Crippen LogP contribution in [0.5, 0.6) is 0 Å². The molecule has 0 radical (unpaired) electrons. The Morgan fingerprint density at radius 2 is 1.82 bits per heavy atom. The summed E-state index contributed by atoms with van der Waals surface area (Å²) in [5.74, 6) is -0.311. The number of benzene rings is 2. The molecule has 0 unspecified atom stereocenters. The van der Waals surface area contributed by atoms with E-state index in [1.165, 1.54) is 6.07 Å². The number of rotatable bonds is 2. The third-order valence-electron chi connectivity index (χ3n) is 2.51. The molecule has 0 fully saturated rings. The summed E-state index contributed by atoms with van der Waals surface area (Å²) in [6.07, 6.45) is 0. The van der Waals surface area contributed by atoms with Crippen LogP contribution in [-0.4, -0.2) is 0 Å². The first-order valence-corrected chi connectivity index (χ1v) is 5.81. The van der Waals surface area contributed by atoms with E-state index >= 15 is 0 Å². The molecule has 0 heterocycles. The van der Waals surface area contributed by atoms with Crippen molar-refractivity contribution >= 4 is 23.2 Å². The van der Waals surface area contributed by atoms with Crippen LogP contribution in [0.25, 0.3) is 11.1 Å². The zero-order valence-electron chi connectivity index (χ0n) is 8.88. The van der Waals surface area contributed by atoms with Crippen molar-refractivity contribution < 1.29 is 4.39 Å². The molecule has 0 aliphatic carbocycles. The van der Waals surface area contributed by atoms with Crippen LogP contribution in [0.15, 0.2) is 36.4 Å². The van der Waals surface area contributed by atoms with Gasteiger partial charge in [-0.3, -0.25) is 0 Å². The van der Waals surface area contributed by atoms with Gasteiger partial charge in [-0.25, -0.2) is 4.39 Å². The molecule has 17 heavy (non-hydrogen) atoms. The zero-order valence-corrected chi connectivity index (χ0v) is 10.4. The van der Waals surface area contributed by atoms with Gasteiger partial charge in [0.05, 0.1) is 0 Å². The Balaban J connectivity index is 2.56. The normalized spacial score (nSPS) is 10.6. The van der Waals surface area contributed by atoms with Crippen molar-refractivity contribution in [2.24, 2.45) is 5.73 Å². The Morgan fingerprint density at radius 1 is 1.06 bits per heavy atom. The van der Waals surface area contributed by atoms with Gasteiger partial charge in [0.25, 0.3) is 0 Å². The fraction of sp³-hybridized carbons (Fsp3) is 0.0769. The second kappa shape index (κ2) is 5.05. The highest BCUT2D eigenvalue weighted by Gasteiger charge is 2.07. The standard InChI is InChI=1S/C13H10Cl2FN/c14-10-2-3-12(15)11(6-10)8-1-4-13(16)9(5-8)7-17/h1-6H,7,17H2. The summed E-state index contributed by atoms with van der Waals surface area (Å²) < 4.78 is 13.3. The SMILES string of the molecule is NCc1cc(-c2cc(Cl)ccc2Cl)ccc1F. The first-order chi connectivity index (χ1) is 8.11. The Hall–Kier alpha value is -1.09. The minimum Gasteiger partial charge on any atom is -0.326 e. The monoisotopic (exact) mass is 269 g/mol. The number of nitrogens with two attached hydrogens (primary N) is 1. The average Bonchev–Trinajstić information content (AvgIpc) is 2.33. The highest BCUT2D eigenvalue weighted by Crippen LogP contribution is 2.31. The highest BCUT2D eigenvalue weighted by atomic mass is 35.5. The van der Waals surface area contributed by atoms with E-state index < -0.39 is 0 Å². The summed E-state index contributed by atoms with van der Waals surface area (Å²) in [6, 6.07) is 9.90. The van der Waals surface area contributed by atoms with Crippen LogP contribution in [-0.2, 0) is 6.54 Å². The Morgan fingerprint density at radius 3 is 2.53 bits per heavy atom. The van der Waals surface area contributed by atoms with Crippen LogP contribution in [0.3, 0.4) is 0 Å². The molecule has 0 aliphatic rings. The van der Waals surface area contributed by atoms with Crippen molar-refractivity contribution in [2.75, 3.05) is 0 Å². The van der Waals surface area contributed by atoms with Gasteiger partial charge in [0.1, 0.15) is 5.82 Å². The Bertz CT molecular complexity index is 555. The van der Waals surface area contributed by atoms with Crippen molar-refractivity contribution in [1.82, 2.24) is 0 Å². The van der Waals surface area contributed by atoms with Crippen molar-refractivity contribution in [3.8, 4) is 11.1 Å². The van der Waals surface area contributed by atoms with E-state index in [0.717, 1.165) is 11.1 Å². The number of halogens is 3. The van der Waals surface area contributed by atoms with E-state index in [-0.39, 0.29) is 12.4 Å². The summed E-state index contributed by atoms with van der Waals surface area (Å²) in [6.45, 7) is 0.151. The molecule has 2 aromatic carbocycles. The van der Waals surface area contributed by atoms with Crippen molar-refractivity contribution in [1.29, 1.82) is 0 Å². The minimum atomic E-state index is -0.311. The summed E-state index contributed by atoms with van der Waals surface area (Å²) in [7, 11) is 0. The zero-order chi connectivity index (χ0) is 12.4. The molecule has 0 spiro atoms. The second-order valence-corrected chi connectivity index (χ2v) is 4.48. The van der Waals surface area contributed by atoms with Gasteiger partial charge in [-0.2, -0.15) is 0 Å². The predicted molar refractivity (Wildman–Crippen MR) is 69.7 cm³/mol. The highest BCUT2D eigenvalue weighted by molar-refractivity contribution is 6.35. The van der Waals surface area contributed by atoms with E-state index in [2.05, 4.69) is 0 Å². The van der Waals surface area contributed by atoms with E-state index in [9.17, 15) is 4.39 Å². The minimum absolute atomic E-state index is 0.151. The summed E-state index contributed by atoms with van der Waals surface area (Å²) in [5, 5.41) is 1.16. The van der Waals surface area contributed by atoms with Crippen LogP contribution in [0.4, 0.5) is 4.39 Å². The molecule has 0 bridgehead atoms. The molecule has 0 saturated carbocycles. The lowest BCUT2D eigenvalue weighted by molar-refractivity contribution is 0.611. The maximum atomic E-state index is 13.3. The van der Waals surface area contributed by atoms with Gasteiger partial charge in [0.2, 0.25) is 0 Å². The first-order valence-electron chi connectivity index (χ1n) is 5.05. The fourth-order valence-electron chi connectivity index (χ4n) is 1.62. The molecule has 0 aliphatic heterocycles. The predicted octanol–water partition coefficient (Wildman–Crippen LogP) is 4.26. The van der Waals surface area contributed by atoms with E-state index in [1.54, 1.807) is 30.3 Å². The van der Waals surface area contributed by atoms with Gasteiger partial charge in [0, 0.05) is 27.7 Å². The topological polar surface area (TPSA) is 26.0 Å². The molecular formula is C13H10Cl2FN. The second-order valence-electron chi connectivity index (χ2n) is 3.63. The van der Waals surface area contributed by atoms with Crippen molar-refractivity contribution in [2.45, 2.75) is 6.54 Å². The van der Waals surface area contributed by atoms with Gasteiger partial charge < -0.3 is 5.73 Å². The Labute approximate surface area is 109 Å². The lowest BCUT2D eigenvalue weighted by Crippen LogP contribution is -1.99. The van der Waals surface area contributed by atoms with Gasteiger partial charge in [-0.05, 0) is 35.9 Å². The quantitative estimate of drug-likeness (QED) is 0.866. The van der Waals surface area contributed by atoms with Gasteiger partial charge in [0.15, 0.2) is 0 Å². The molecule has 4 heteroatoms. The first kappa shape index (κ1) is 12.4. The molecule has 88 valence electrons. The van der Waals surface area contributed by atoms with Crippen LogP contribution in [0.1, 0.15) is 5.56 Å². The Kier molecular flexibility index (Phi) is 3.67. The molecule has 2 aromatic rings. The van der Waals surface area contributed by atoms with Crippen LogP contribution >= 0.6 is 23.2 Å². The molecular weight excluding hydrogens is 260 g/mol. The van der Waals surface area contributed by atoms with Gasteiger partial charge >= 0.3 is 0 Å². The molecule has 0 amide bonds. The smallest absolute Gasteiger partial charge is 0.127 e. The maximum Gasteiger partial charge on any atom is 0.127 e. The third kappa shape index (κ3) is 2.60. The summed E-state index contributed by atoms with van der Waals surface area (Å²) in [4.78, 5) is 0. The molecule has 0 saturated heterocycles. The van der Waals surface area contributed by atoms with E-state index in [4.69, 9.17) is 28.9 Å². The van der Waals surface area contributed by atoms with E-state index in [1.807, 2.05) is 0 Å². The molecule has 0 aromatic heterocycles. The molecule has 2 N–H and O–H groups in total. The van der Waals surface area contributed by atoms with Gasteiger partial charge in [-0.15, -0.1) is 0 Å². The number of hydrogen-bond donors (Lipinski definition) is 1. The number of hydrogen-bond acceptors (Lipinski definition) is 1. The van der Waals surface area contributed by atoms with Gasteiger partial charge in [-0.1, -0.05) is 29.3 Å². The summed E-state index contributed by atoms with van der Waals surface area (Å²) >= 11 is 12.0. The average molecular weight is 270 g/mol. The van der Waals surface area contributed by atoms with Crippen LogP contribution in [0.2, 0.25) is 10.0 Å². The lowest BCUT2D eigenvalue weighted by atomic mass is 10.0. The molecule has 2 rings (SSSR count). The van der Waals surface area contributed by atoms with E-state index in [0.29, 0.717) is 15.6 Å². The molecule has 0 atom stereocenters. The summed E-state index contributed by atoms with van der Waals surface area (Å²) in [5.41, 5.74) is 7.50. The lowest BCUT2D eigenvalue weighted by Gasteiger charge is -2.07. The van der Waals surface area contributed by atoms with Crippen LogP contribution in [0, 0.1) is 5.82 Å². The third-order valence-corrected chi connectivity index (χ3v) is 3.07. The maximum absolute atomic E-state index is 13.3. The fourth-order valence-corrected chi connectivity index (χ4v) is 2.02. The largest absolute Gasteiger partial charge is 0.326 e. The van der Waals surface area contributed by atoms with Crippen molar-refractivity contribution in [3.63, 3.8) is 0 Å². The van der Waals surface area contributed by atoms with Crippen LogP contribution < -0.4 is 5.73 Å². The van der Waals surface area contributed by atoms with Crippen molar-refractivity contribution in [3.05, 3.63) is 57.8 Å². The molecule has 1 nitrogen and oxygen atoms in total.